The van der Waals surface area contributed by atoms with Crippen molar-refractivity contribution in [3.8, 4) is 0 Å². The summed E-state index contributed by atoms with van der Waals surface area (Å²) in [4.78, 5) is 59.4. The van der Waals surface area contributed by atoms with Gasteiger partial charge in [-0.05, 0) is 30.6 Å². The predicted molar refractivity (Wildman–Crippen MR) is 131 cm³/mol. The first-order valence-corrected chi connectivity index (χ1v) is 12.2. The highest BCUT2D eigenvalue weighted by atomic mass is 16.4. The van der Waals surface area contributed by atoms with E-state index < -0.39 is 48.6 Å². The van der Waals surface area contributed by atoms with Gasteiger partial charge in [0.1, 0.15) is 12.3 Å². The molecule has 0 saturated carbocycles. The fraction of sp³-hybridized carbons (Fsp3) is 0.792. The molecule has 0 bridgehead atoms. The van der Waals surface area contributed by atoms with E-state index in [0.29, 0.717) is 19.3 Å². The molecule has 0 aliphatic heterocycles. The molecule has 0 spiro atoms. The first kappa shape index (κ1) is 32.3. The van der Waals surface area contributed by atoms with E-state index in [-0.39, 0.29) is 36.0 Å². The van der Waals surface area contributed by atoms with Crippen molar-refractivity contribution in [1.82, 2.24) is 21.3 Å². The average molecular weight is 501 g/mol. The molecule has 0 aliphatic carbocycles. The van der Waals surface area contributed by atoms with Crippen LogP contribution in [0.4, 0.5) is 4.79 Å². The van der Waals surface area contributed by atoms with Crippen molar-refractivity contribution in [3.05, 3.63) is 0 Å². The fourth-order valence-electron chi connectivity index (χ4n) is 3.46. The van der Waals surface area contributed by atoms with Crippen molar-refractivity contribution in [2.45, 2.75) is 92.0 Å². The van der Waals surface area contributed by atoms with Crippen LogP contribution in [0.1, 0.15) is 67.7 Å². The van der Waals surface area contributed by atoms with Crippen molar-refractivity contribution in [1.29, 1.82) is 0 Å². The summed E-state index contributed by atoms with van der Waals surface area (Å²) in [6, 6.07) is -2.62. The second kappa shape index (κ2) is 16.1. The van der Waals surface area contributed by atoms with E-state index in [1.807, 2.05) is 46.9 Å². The highest BCUT2D eigenvalue weighted by molar-refractivity contribution is 5.88. The highest BCUT2D eigenvalue weighted by Crippen LogP contribution is 2.16. The maximum absolute atomic E-state index is 12.8. The third kappa shape index (κ3) is 13.7. The second-order valence-electron chi connectivity index (χ2n) is 10.3. The normalized spacial score (nSPS) is 15.6. The molecule has 11 heteroatoms. The second-order valence-corrected chi connectivity index (χ2v) is 10.3. The van der Waals surface area contributed by atoms with Gasteiger partial charge in [0.25, 0.3) is 0 Å². The van der Waals surface area contributed by atoms with Gasteiger partial charge < -0.3 is 36.3 Å². The molecule has 0 fully saturated rings. The number of aldehydes is 1. The predicted octanol–water partition coefficient (Wildman–Crippen LogP) is 1.04. The van der Waals surface area contributed by atoms with E-state index in [0.717, 1.165) is 0 Å². The summed E-state index contributed by atoms with van der Waals surface area (Å²) in [7, 11) is 0. The van der Waals surface area contributed by atoms with Crippen LogP contribution >= 0.6 is 0 Å². The zero-order chi connectivity index (χ0) is 27.3. The average Bonchev–Trinajstić information content (AvgIpc) is 2.73. The zero-order valence-corrected chi connectivity index (χ0v) is 22.0. The lowest BCUT2D eigenvalue weighted by molar-refractivity contribution is -0.132. The summed E-state index contributed by atoms with van der Waals surface area (Å²) >= 11 is 0. The van der Waals surface area contributed by atoms with Crippen molar-refractivity contribution < 1.29 is 34.2 Å². The van der Waals surface area contributed by atoms with Crippen LogP contribution in [0.15, 0.2) is 0 Å². The Bertz CT molecular complexity index is 712. The Balaban J connectivity index is 5.16. The van der Waals surface area contributed by atoms with Gasteiger partial charge in [0.05, 0.1) is 24.6 Å². The van der Waals surface area contributed by atoms with Crippen LogP contribution in [-0.4, -0.2) is 71.1 Å². The van der Waals surface area contributed by atoms with Gasteiger partial charge in [0.2, 0.25) is 17.7 Å². The molecule has 1 unspecified atom stereocenters. The minimum absolute atomic E-state index is 0.0341. The Morgan fingerprint density at radius 3 is 1.89 bits per heavy atom. The van der Waals surface area contributed by atoms with E-state index in [4.69, 9.17) is 5.11 Å². The van der Waals surface area contributed by atoms with Gasteiger partial charge in [-0.25, -0.2) is 4.79 Å². The molecule has 11 nitrogen and oxygen atoms in total. The summed E-state index contributed by atoms with van der Waals surface area (Å²) in [5.41, 5.74) is 0. The summed E-state index contributed by atoms with van der Waals surface area (Å²) in [6.07, 6.45) is -2.13. The lowest BCUT2D eigenvalue weighted by atomic mass is 9.91. The maximum atomic E-state index is 12.8. The molecular formula is C24H44N4O7. The van der Waals surface area contributed by atoms with Gasteiger partial charge >= 0.3 is 6.09 Å². The molecule has 5 atom stereocenters. The topological polar surface area (TPSA) is 174 Å². The number of aliphatic hydroxyl groups is 1. The minimum Gasteiger partial charge on any atom is -0.465 e. The van der Waals surface area contributed by atoms with Gasteiger partial charge in [0, 0.05) is 12.5 Å². The Kier molecular flexibility index (Phi) is 14.8. The summed E-state index contributed by atoms with van der Waals surface area (Å²) < 4.78 is 0. The number of hydrogen-bond acceptors (Lipinski definition) is 6. The van der Waals surface area contributed by atoms with E-state index in [9.17, 15) is 29.1 Å². The Labute approximate surface area is 208 Å². The molecule has 202 valence electrons. The van der Waals surface area contributed by atoms with Gasteiger partial charge in [-0.3, -0.25) is 14.4 Å². The minimum atomic E-state index is -1.42. The van der Waals surface area contributed by atoms with E-state index in [2.05, 4.69) is 16.0 Å². The third-order valence-corrected chi connectivity index (χ3v) is 5.39. The van der Waals surface area contributed by atoms with Crippen LogP contribution in [0.2, 0.25) is 0 Å². The largest absolute Gasteiger partial charge is 0.465 e. The number of hydrogen-bond donors (Lipinski definition) is 6. The molecule has 0 aromatic carbocycles. The quantitative estimate of drug-likeness (QED) is 0.172. The molecule has 0 aromatic rings. The number of nitrogens with one attached hydrogen (secondary N) is 4. The van der Waals surface area contributed by atoms with Crippen LogP contribution in [0, 0.1) is 23.7 Å². The van der Waals surface area contributed by atoms with Gasteiger partial charge in [-0.2, -0.15) is 0 Å². The zero-order valence-electron chi connectivity index (χ0n) is 22.0. The molecular weight excluding hydrogens is 456 g/mol. The van der Waals surface area contributed by atoms with E-state index in [1.54, 1.807) is 6.92 Å². The lowest BCUT2D eigenvalue weighted by Crippen LogP contribution is -2.52. The standard InChI is InChI=1S/C24H44N4O7/c1-13(2)8-18(27-20(31)10-17(12-29)26-24(34)35)19(30)9-16(7)22(32)28-21(15(5)6)23(33)25-11-14(3)4/h12-19,21,26,30H,8-11H2,1-7H3,(H,25,33)(H,27,31)(H,28,32)(H,34,35)/t16-,17?,18+,19-,21+/m1/s1. The molecule has 35 heavy (non-hydrogen) atoms. The fourth-order valence-corrected chi connectivity index (χ4v) is 3.46. The number of carbonyl (C=O) groups excluding carboxylic acids is 4. The number of aliphatic hydroxyl groups excluding tert-OH is 1. The Hall–Kier alpha value is -2.69. The number of rotatable bonds is 16. The Morgan fingerprint density at radius 1 is 0.829 bits per heavy atom. The summed E-state index contributed by atoms with van der Waals surface area (Å²) in [5.74, 6) is -1.66. The molecule has 4 amide bonds. The van der Waals surface area contributed by atoms with Gasteiger partial charge in [0.15, 0.2) is 0 Å². The van der Waals surface area contributed by atoms with E-state index in [1.165, 1.54) is 0 Å². The molecule has 0 heterocycles. The molecule has 0 aromatic heterocycles. The first-order chi connectivity index (χ1) is 16.2. The Morgan fingerprint density at radius 2 is 1.43 bits per heavy atom. The highest BCUT2D eigenvalue weighted by Gasteiger charge is 2.30. The summed E-state index contributed by atoms with van der Waals surface area (Å²) in [5, 5.41) is 29.7. The number of carbonyl (C=O) groups is 5. The van der Waals surface area contributed by atoms with Crippen LogP contribution in [0.3, 0.4) is 0 Å². The van der Waals surface area contributed by atoms with Crippen LogP contribution in [0.25, 0.3) is 0 Å². The number of carboxylic acid groups (broad SMARTS) is 1. The lowest BCUT2D eigenvalue weighted by Gasteiger charge is -2.29. The number of amides is 4. The van der Waals surface area contributed by atoms with Crippen LogP contribution in [0.5, 0.6) is 0 Å². The molecule has 0 aliphatic rings. The van der Waals surface area contributed by atoms with Crippen molar-refractivity contribution in [2.24, 2.45) is 23.7 Å². The maximum Gasteiger partial charge on any atom is 0.405 e. The van der Waals surface area contributed by atoms with Gasteiger partial charge in [-0.15, -0.1) is 0 Å². The smallest absolute Gasteiger partial charge is 0.405 e. The van der Waals surface area contributed by atoms with E-state index >= 15 is 0 Å². The third-order valence-electron chi connectivity index (χ3n) is 5.39. The summed E-state index contributed by atoms with van der Waals surface area (Å²) in [6.45, 7) is 13.6. The van der Waals surface area contributed by atoms with Crippen molar-refractivity contribution in [2.75, 3.05) is 6.54 Å². The molecule has 0 rings (SSSR count). The SMILES string of the molecule is CC(C)CNC(=O)[C@@H](NC(=O)[C@H](C)C[C@@H](O)[C@H](CC(C)C)NC(=O)CC(C=O)NC(=O)O)C(C)C. The molecule has 0 radical (unpaired) electrons. The van der Waals surface area contributed by atoms with Crippen LogP contribution < -0.4 is 21.3 Å². The van der Waals surface area contributed by atoms with Gasteiger partial charge in [-0.1, -0.05) is 48.5 Å². The first-order valence-electron chi connectivity index (χ1n) is 12.2. The van der Waals surface area contributed by atoms with Crippen molar-refractivity contribution in [3.63, 3.8) is 0 Å². The molecule has 6 N–H and O–H groups in total. The van der Waals surface area contributed by atoms with Crippen molar-refractivity contribution >= 4 is 30.1 Å². The monoisotopic (exact) mass is 500 g/mol. The molecule has 0 saturated heterocycles. The van der Waals surface area contributed by atoms with Crippen LogP contribution in [-0.2, 0) is 19.2 Å².